The molecule has 0 fully saturated rings. The van der Waals surface area contributed by atoms with Gasteiger partial charge >= 0.3 is 58.4 Å². The fraction of sp³-hybridized carbons (Fsp3) is 0.750. The average Bonchev–Trinajstić information content (AvgIpc) is 2.01. The molecule has 0 aromatic rings. The molecule has 0 aromatic heterocycles. The van der Waals surface area contributed by atoms with E-state index in [9.17, 15) is 12.9 Å². The molecule has 0 rings (SSSR count). The third kappa shape index (κ3) is 6.63. The van der Waals surface area contributed by atoms with Crippen LogP contribution in [0.4, 0.5) is 12.9 Å². The first-order valence-electron chi connectivity index (χ1n) is 4.36. The maximum atomic E-state index is 12.1. The number of rotatable bonds is 5. The van der Waals surface area contributed by atoms with E-state index >= 15 is 0 Å². The van der Waals surface area contributed by atoms with Gasteiger partial charge in [-0.15, -0.1) is 12.1 Å². The summed E-state index contributed by atoms with van der Waals surface area (Å²) < 4.78 is 36.3. The number of hydrogen-bond acceptors (Lipinski definition) is 1. The monoisotopic (exact) mass is 233 g/mol. The fourth-order valence-electron chi connectivity index (χ4n) is 0.891. The van der Waals surface area contributed by atoms with Gasteiger partial charge in [-0.3, -0.25) is 0 Å². The summed E-state index contributed by atoms with van der Waals surface area (Å²) in [5, 5.41) is 0. The second-order valence-electron chi connectivity index (χ2n) is 3.41. The van der Waals surface area contributed by atoms with Crippen LogP contribution < -0.4 is 51.4 Å². The predicted molar refractivity (Wildman–Crippen MR) is 50.6 cm³/mol. The van der Waals surface area contributed by atoms with Crippen LogP contribution >= 0.6 is 0 Å². The molecule has 0 saturated heterocycles. The molecule has 6 heteroatoms. The zero-order valence-corrected chi connectivity index (χ0v) is 12.5. The van der Waals surface area contributed by atoms with Gasteiger partial charge in [0.2, 0.25) is 0 Å². The van der Waals surface area contributed by atoms with Crippen molar-refractivity contribution in [3.05, 3.63) is 12.1 Å². The van der Waals surface area contributed by atoms with Gasteiger partial charge in [-0.25, -0.2) is 0 Å². The Morgan fingerprint density at radius 2 is 1.86 bits per heavy atom. The Labute approximate surface area is 127 Å². The van der Waals surface area contributed by atoms with Gasteiger partial charge in [0.15, 0.2) is 0 Å². The van der Waals surface area contributed by atoms with E-state index in [0.717, 1.165) is 6.42 Å². The minimum Gasteiger partial charge on any atom is -0.445 e. The van der Waals surface area contributed by atoms with Crippen LogP contribution in [0.15, 0.2) is 12.1 Å². The van der Waals surface area contributed by atoms with Crippen LogP contribution in [-0.4, -0.2) is 31.5 Å². The predicted octanol–water partition coefficient (Wildman–Crippen LogP) is -0.336. The summed E-state index contributed by atoms with van der Waals surface area (Å²) in [5.74, 6) is 0. The van der Waals surface area contributed by atoms with Crippen molar-refractivity contribution in [2.24, 2.45) is 0 Å². The number of likely N-dealkylation sites (N-methyl/N-ethyl adjacent to an activating group) is 1. The molecule has 0 aliphatic rings. The molecule has 0 N–H and O–H groups in total. The van der Waals surface area contributed by atoms with Crippen molar-refractivity contribution < 1.29 is 64.3 Å². The van der Waals surface area contributed by atoms with Gasteiger partial charge in [0.25, 0.3) is 0 Å². The van der Waals surface area contributed by atoms with Gasteiger partial charge in [-0.2, -0.15) is 0 Å². The molecule has 1 nitrogen and oxygen atoms in total. The zero-order valence-electron chi connectivity index (χ0n) is 9.36. The average molecular weight is 233 g/mol. The van der Waals surface area contributed by atoms with Crippen LogP contribution in [0.2, 0.25) is 0 Å². The summed E-state index contributed by atoms with van der Waals surface area (Å²) in [6.45, 7) is 1.93. The molecule has 0 aliphatic carbocycles. The molecule has 0 aliphatic heterocycles. The maximum Gasteiger partial charge on any atom is 1.00 e. The number of halogens is 3. The summed E-state index contributed by atoms with van der Waals surface area (Å²) in [7, 11) is 1.68. The fourth-order valence-corrected chi connectivity index (χ4v) is 0.891. The van der Waals surface area contributed by atoms with E-state index in [4.69, 9.17) is 0 Å². The van der Waals surface area contributed by atoms with E-state index in [1.165, 1.54) is 0 Å². The molecule has 0 aromatic carbocycles. The Kier molecular flexibility index (Phi) is 9.37. The Hall–Kier alpha value is 1.19. The second kappa shape index (κ2) is 7.46. The van der Waals surface area contributed by atoms with Gasteiger partial charge in [-0.1, -0.05) is 6.92 Å². The van der Waals surface area contributed by atoms with Crippen LogP contribution in [-0.2, 0) is 0 Å². The van der Waals surface area contributed by atoms with Gasteiger partial charge < -0.3 is 17.8 Å². The maximum absolute atomic E-state index is 12.1. The quantitative estimate of drug-likeness (QED) is 0.587. The molecule has 0 radical (unpaired) electrons. The van der Waals surface area contributed by atoms with Crippen molar-refractivity contribution in [1.82, 2.24) is 4.90 Å². The third-order valence-electron chi connectivity index (χ3n) is 2.26. The Bertz CT molecular complexity index is 184. The van der Waals surface area contributed by atoms with Crippen LogP contribution in [0, 0.1) is 0 Å². The van der Waals surface area contributed by atoms with E-state index in [0.29, 0.717) is 0 Å². The van der Waals surface area contributed by atoms with Gasteiger partial charge in [0, 0.05) is 6.04 Å². The zero-order chi connectivity index (χ0) is 10.6. The second-order valence-corrected chi connectivity index (χ2v) is 3.41. The molecule has 1 atom stereocenters. The summed E-state index contributed by atoms with van der Waals surface area (Å²) in [6, 6.07) is 0.162. The van der Waals surface area contributed by atoms with Crippen molar-refractivity contribution in [3.8, 4) is 0 Å². The Morgan fingerprint density at radius 1 is 1.43 bits per heavy atom. The van der Waals surface area contributed by atoms with Gasteiger partial charge in [-0.05, 0) is 26.9 Å². The third-order valence-corrected chi connectivity index (χ3v) is 2.26. The van der Waals surface area contributed by atoms with Gasteiger partial charge in [0.05, 0.1) is 0 Å². The molecular weight excluding hydrogens is 217 g/mol. The van der Waals surface area contributed by atoms with Crippen molar-refractivity contribution in [2.75, 3.05) is 13.6 Å². The van der Waals surface area contributed by atoms with E-state index in [-0.39, 0.29) is 64.0 Å². The largest absolute Gasteiger partial charge is 1.00 e. The van der Waals surface area contributed by atoms with Crippen molar-refractivity contribution in [2.45, 2.75) is 26.3 Å². The minimum atomic E-state index is -4.87. The van der Waals surface area contributed by atoms with Gasteiger partial charge in [0.1, 0.15) is 0 Å². The molecule has 0 amide bonds. The molecule has 78 valence electrons. The molecule has 0 saturated carbocycles. The van der Waals surface area contributed by atoms with E-state index in [1.54, 1.807) is 11.9 Å². The molecular formula is C8H16BF3KN. The molecule has 0 heterocycles. The first-order valence-corrected chi connectivity index (χ1v) is 4.36. The van der Waals surface area contributed by atoms with Crippen molar-refractivity contribution in [1.29, 1.82) is 0 Å². The van der Waals surface area contributed by atoms with E-state index in [1.807, 2.05) is 13.8 Å². The molecule has 0 spiro atoms. The summed E-state index contributed by atoms with van der Waals surface area (Å²) in [4.78, 5) is 1.66. The minimum absolute atomic E-state index is 0. The first kappa shape index (κ1) is 17.6. The summed E-state index contributed by atoms with van der Waals surface area (Å²) in [6.07, 6.45) is 0.842. The topological polar surface area (TPSA) is 3.24 Å². The van der Waals surface area contributed by atoms with Crippen LogP contribution in [0.1, 0.15) is 20.3 Å². The summed E-state index contributed by atoms with van der Waals surface area (Å²) >= 11 is 0. The first-order chi connectivity index (χ1) is 5.79. The Balaban J connectivity index is 0. The molecule has 1 unspecified atom stereocenters. The molecule has 0 bridgehead atoms. The van der Waals surface area contributed by atoms with Crippen LogP contribution in [0.25, 0.3) is 0 Å². The number of hydrogen-bond donors (Lipinski definition) is 0. The normalized spacial score (nSPS) is 13.6. The standard InChI is InChI=1S/C8H16BF3N.K/c1-5-8(3)13(4)6-7(2)9(10,11)12;/h8H,2,5-6H2,1,3-4H3;/q-1;+1. The number of nitrogens with zero attached hydrogens (tertiary/aromatic N) is 1. The smallest absolute Gasteiger partial charge is 0.445 e. The van der Waals surface area contributed by atoms with E-state index in [2.05, 4.69) is 6.58 Å². The SMILES string of the molecule is C=C(CN(C)C(C)CC)[B-](F)(F)F.[K+]. The van der Waals surface area contributed by atoms with Crippen molar-refractivity contribution in [3.63, 3.8) is 0 Å². The van der Waals surface area contributed by atoms with Crippen LogP contribution in [0.3, 0.4) is 0 Å². The molecule has 14 heavy (non-hydrogen) atoms. The Morgan fingerprint density at radius 3 is 2.14 bits per heavy atom. The van der Waals surface area contributed by atoms with E-state index < -0.39 is 12.4 Å². The van der Waals surface area contributed by atoms with Crippen LogP contribution in [0.5, 0.6) is 0 Å². The van der Waals surface area contributed by atoms with Crippen molar-refractivity contribution >= 4 is 6.98 Å². The summed E-state index contributed by atoms with van der Waals surface area (Å²) in [5.41, 5.74) is -0.622.